The molecule has 1 N–H and O–H groups in total. The smallest absolute Gasteiger partial charge is 0.252 e. The Labute approximate surface area is 132 Å². The summed E-state index contributed by atoms with van der Waals surface area (Å²) in [4.78, 5) is 1.13. The summed E-state index contributed by atoms with van der Waals surface area (Å²) in [6.45, 7) is 10.6. The summed E-state index contributed by atoms with van der Waals surface area (Å²) in [5.74, 6) is 0. The Balaban J connectivity index is 2.03. The molecule has 0 aromatic carbocycles. The predicted molar refractivity (Wildman–Crippen MR) is 88.3 cm³/mol. The third-order valence-electron chi connectivity index (χ3n) is 3.80. The van der Waals surface area contributed by atoms with Crippen LogP contribution in [0.3, 0.4) is 0 Å². The first-order chi connectivity index (χ1) is 9.71. The molecule has 0 aliphatic carbocycles. The van der Waals surface area contributed by atoms with Crippen LogP contribution in [0.15, 0.2) is 16.3 Å². The van der Waals surface area contributed by atoms with Crippen LogP contribution in [0.25, 0.3) is 0 Å². The lowest BCUT2D eigenvalue weighted by Crippen LogP contribution is -2.29. The van der Waals surface area contributed by atoms with Crippen molar-refractivity contribution in [1.29, 1.82) is 0 Å². The number of hydrogen-bond donors (Lipinski definition) is 1. The Hall–Kier alpha value is -0.430. The molecule has 21 heavy (non-hydrogen) atoms. The minimum Gasteiger partial charge on any atom is -0.314 e. The van der Waals surface area contributed by atoms with Crippen LogP contribution >= 0.6 is 11.3 Å². The maximum atomic E-state index is 12.6. The van der Waals surface area contributed by atoms with Crippen molar-refractivity contribution >= 4 is 21.4 Å². The molecule has 0 atom stereocenters. The predicted octanol–water partition coefficient (Wildman–Crippen LogP) is 2.71. The molecule has 120 valence electrons. The summed E-state index contributed by atoms with van der Waals surface area (Å²) in [5, 5.41) is 3.35. The highest BCUT2D eigenvalue weighted by molar-refractivity contribution is 7.91. The van der Waals surface area contributed by atoms with E-state index in [4.69, 9.17) is 0 Å². The van der Waals surface area contributed by atoms with Crippen LogP contribution in [0.1, 0.15) is 39.0 Å². The van der Waals surface area contributed by atoms with Gasteiger partial charge in [-0.15, -0.1) is 11.3 Å². The van der Waals surface area contributed by atoms with Crippen LogP contribution < -0.4 is 5.32 Å². The molecule has 1 aliphatic heterocycles. The Morgan fingerprint density at radius 3 is 2.67 bits per heavy atom. The zero-order chi connectivity index (χ0) is 15.7. The molecule has 1 saturated heterocycles. The van der Waals surface area contributed by atoms with Crippen molar-refractivity contribution in [3.05, 3.63) is 17.0 Å². The first-order valence-electron chi connectivity index (χ1n) is 7.53. The number of hydrogen-bond acceptors (Lipinski definition) is 4. The second-order valence-corrected chi connectivity index (χ2v) is 10.2. The van der Waals surface area contributed by atoms with Gasteiger partial charge in [0.1, 0.15) is 4.21 Å². The Morgan fingerprint density at radius 2 is 2.10 bits per heavy atom. The Morgan fingerprint density at radius 1 is 1.38 bits per heavy atom. The van der Waals surface area contributed by atoms with Crippen LogP contribution in [0.5, 0.6) is 0 Å². The van der Waals surface area contributed by atoms with Gasteiger partial charge in [-0.3, -0.25) is 0 Å². The molecular weight excluding hydrogens is 304 g/mol. The maximum Gasteiger partial charge on any atom is 0.252 e. The number of rotatable bonds is 6. The van der Waals surface area contributed by atoms with E-state index in [1.807, 2.05) is 6.07 Å². The van der Waals surface area contributed by atoms with Gasteiger partial charge in [-0.05, 0) is 30.4 Å². The number of sulfonamides is 1. The monoisotopic (exact) mass is 330 g/mol. The molecule has 6 heteroatoms. The van der Waals surface area contributed by atoms with Crippen LogP contribution in [-0.4, -0.2) is 38.4 Å². The molecular formula is C15H26N2O2S2. The van der Waals surface area contributed by atoms with E-state index in [0.717, 1.165) is 24.3 Å². The second-order valence-electron chi connectivity index (χ2n) is 6.83. The van der Waals surface area contributed by atoms with Crippen LogP contribution in [-0.2, 0) is 16.4 Å². The minimum atomic E-state index is -3.30. The van der Waals surface area contributed by atoms with E-state index in [-0.39, 0.29) is 5.41 Å². The SMILES string of the molecule is CC(C)NCCc1ccc(S(=O)(=O)N2CCC(C)(C)C2)s1. The summed E-state index contributed by atoms with van der Waals surface area (Å²) in [6, 6.07) is 4.16. The van der Waals surface area contributed by atoms with Gasteiger partial charge in [0, 0.05) is 30.6 Å². The lowest BCUT2D eigenvalue weighted by atomic mass is 9.93. The van der Waals surface area contributed by atoms with Crippen molar-refractivity contribution in [3.63, 3.8) is 0 Å². The quantitative estimate of drug-likeness (QED) is 0.872. The van der Waals surface area contributed by atoms with E-state index in [1.165, 1.54) is 11.3 Å². The molecule has 0 saturated carbocycles. The topological polar surface area (TPSA) is 49.4 Å². The average Bonchev–Trinajstić information content (AvgIpc) is 2.96. The molecule has 0 spiro atoms. The molecule has 1 aromatic heterocycles. The van der Waals surface area contributed by atoms with E-state index < -0.39 is 10.0 Å². The third-order valence-corrected chi connectivity index (χ3v) is 7.26. The van der Waals surface area contributed by atoms with Gasteiger partial charge < -0.3 is 5.32 Å². The third kappa shape index (κ3) is 4.28. The fourth-order valence-corrected chi connectivity index (χ4v) is 5.65. The van der Waals surface area contributed by atoms with Crippen LogP contribution in [0.2, 0.25) is 0 Å². The van der Waals surface area contributed by atoms with Gasteiger partial charge in [0.05, 0.1) is 0 Å². The number of nitrogens with zero attached hydrogens (tertiary/aromatic N) is 1. The summed E-state index contributed by atoms with van der Waals surface area (Å²) >= 11 is 1.41. The van der Waals surface area contributed by atoms with E-state index in [1.54, 1.807) is 10.4 Å². The minimum absolute atomic E-state index is 0.0916. The van der Waals surface area contributed by atoms with Crippen molar-refractivity contribution in [3.8, 4) is 0 Å². The fourth-order valence-electron chi connectivity index (χ4n) is 2.51. The normalized spacial score (nSPS) is 19.5. The van der Waals surface area contributed by atoms with Crippen molar-refractivity contribution in [2.75, 3.05) is 19.6 Å². The van der Waals surface area contributed by atoms with Gasteiger partial charge in [0.25, 0.3) is 10.0 Å². The zero-order valence-electron chi connectivity index (χ0n) is 13.3. The molecule has 4 nitrogen and oxygen atoms in total. The van der Waals surface area contributed by atoms with Crippen LogP contribution in [0, 0.1) is 5.41 Å². The lowest BCUT2D eigenvalue weighted by molar-refractivity contribution is 0.376. The molecule has 0 bridgehead atoms. The molecule has 2 heterocycles. The van der Waals surface area contributed by atoms with Gasteiger partial charge in [-0.2, -0.15) is 4.31 Å². The summed E-state index contributed by atoms with van der Waals surface area (Å²) in [6.07, 6.45) is 1.81. The highest BCUT2D eigenvalue weighted by atomic mass is 32.2. The largest absolute Gasteiger partial charge is 0.314 e. The first-order valence-corrected chi connectivity index (χ1v) is 9.79. The van der Waals surface area contributed by atoms with Gasteiger partial charge in [0.2, 0.25) is 0 Å². The van der Waals surface area contributed by atoms with Gasteiger partial charge >= 0.3 is 0 Å². The van der Waals surface area contributed by atoms with Crippen molar-refractivity contribution < 1.29 is 8.42 Å². The van der Waals surface area contributed by atoms with Gasteiger partial charge in [-0.25, -0.2) is 8.42 Å². The first kappa shape index (κ1) is 16.9. The Bertz CT molecular complexity index is 576. The Kier molecular flexibility index (Phi) is 5.13. The molecule has 0 unspecified atom stereocenters. The molecule has 1 fully saturated rings. The summed E-state index contributed by atoms with van der Waals surface area (Å²) in [5.41, 5.74) is 0.0916. The van der Waals surface area contributed by atoms with E-state index >= 15 is 0 Å². The molecule has 0 radical (unpaired) electrons. The highest BCUT2D eigenvalue weighted by Gasteiger charge is 2.37. The molecule has 2 rings (SSSR count). The number of thiophene rings is 1. The van der Waals surface area contributed by atoms with Crippen LogP contribution in [0.4, 0.5) is 0 Å². The average molecular weight is 331 g/mol. The maximum absolute atomic E-state index is 12.6. The summed E-state index contributed by atoms with van der Waals surface area (Å²) < 4.78 is 27.4. The lowest BCUT2D eigenvalue weighted by Gasteiger charge is -2.18. The van der Waals surface area contributed by atoms with E-state index in [0.29, 0.717) is 23.3 Å². The van der Waals surface area contributed by atoms with Crippen molar-refractivity contribution in [1.82, 2.24) is 9.62 Å². The molecule has 0 amide bonds. The highest BCUT2D eigenvalue weighted by Crippen LogP contribution is 2.34. The zero-order valence-corrected chi connectivity index (χ0v) is 15.0. The van der Waals surface area contributed by atoms with Gasteiger partial charge in [0.15, 0.2) is 0 Å². The second kappa shape index (κ2) is 6.36. The summed E-state index contributed by atoms with van der Waals surface area (Å²) in [7, 11) is -3.30. The van der Waals surface area contributed by atoms with E-state index in [9.17, 15) is 8.42 Å². The van der Waals surface area contributed by atoms with Gasteiger partial charge in [-0.1, -0.05) is 27.7 Å². The van der Waals surface area contributed by atoms with E-state index in [2.05, 4.69) is 33.0 Å². The fraction of sp³-hybridized carbons (Fsp3) is 0.733. The van der Waals surface area contributed by atoms with Crippen molar-refractivity contribution in [2.24, 2.45) is 5.41 Å². The molecule has 1 aliphatic rings. The van der Waals surface area contributed by atoms with Crippen molar-refractivity contribution in [2.45, 2.75) is 50.8 Å². The standard InChI is InChI=1S/C15H26N2O2S2/c1-12(2)16-9-7-13-5-6-14(20-13)21(18,19)17-10-8-15(3,4)11-17/h5-6,12,16H,7-11H2,1-4H3. The molecule has 1 aromatic rings. The number of nitrogens with one attached hydrogen (secondary N) is 1.